The van der Waals surface area contributed by atoms with Gasteiger partial charge < -0.3 is 20.3 Å². The van der Waals surface area contributed by atoms with E-state index in [0.29, 0.717) is 0 Å². The van der Waals surface area contributed by atoms with Crippen LogP contribution in [-0.4, -0.2) is 42.8 Å². The Hall–Kier alpha value is -1.91. The van der Waals surface area contributed by atoms with Crippen LogP contribution < -0.4 is 10.6 Å². The number of hydrogen-bond donors (Lipinski definition) is 1. The second-order valence-corrected chi connectivity index (χ2v) is 7.60. The van der Waals surface area contributed by atoms with Gasteiger partial charge in [0.2, 0.25) is 0 Å². The molecule has 2 saturated heterocycles. The van der Waals surface area contributed by atoms with E-state index in [1.165, 1.54) is 5.69 Å². The number of nitrogen functional groups attached to an aromatic ring is 1. The highest BCUT2D eigenvalue weighted by molar-refractivity contribution is 5.69. The van der Waals surface area contributed by atoms with Crippen LogP contribution in [0.3, 0.4) is 0 Å². The molecule has 1 aromatic carbocycles. The van der Waals surface area contributed by atoms with E-state index in [4.69, 9.17) is 10.5 Å². The monoisotopic (exact) mass is 303 g/mol. The molecular formula is C17H25N3O2. The van der Waals surface area contributed by atoms with Crippen LogP contribution in [0.2, 0.25) is 0 Å². The highest BCUT2D eigenvalue weighted by Gasteiger charge is 2.49. The quantitative estimate of drug-likeness (QED) is 0.810. The van der Waals surface area contributed by atoms with Crippen LogP contribution in [0.15, 0.2) is 24.3 Å². The molecule has 2 heterocycles. The fourth-order valence-electron chi connectivity index (χ4n) is 3.31. The number of ether oxygens (including phenoxy) is 1. The Bertz CT molecular complexity index is 556. The van der Waals surface area contributed by atoms with Gasteiger partial charge in [-0.3, -0.25) is 0 Å². The SMILES string of the molecule is CC(C)(C)OC(=O)N1CCC2(C1)CN(c1ccc(N)cc1)C2. The summed E-state index contributed by atoms with van der Waals surface area (Å²) in [7, 11) is 0. The van der Waals surface area contributed by atoms with Crippen molar-refractivity contribution in [1.29, 1.82) is 0 Å². The van der Waals surface area contributed by atoms with Crippen molar-refractivity contribution in [3.05, 3.63) is 24.3 Å². The number of rotatable bonds is 1. The Morgan fingerprint density at radius 2 is 1.82 bits per heavy atom. The molecule has 0 aromatic heterocycles. The molecule has 22 heavy (non-hydrogen) atoms. The second-order valence-electron chi connectivity index (χ2n) is 7.60. The summed E-state index contributed by atoms with van der Waals surface area (Å²) in [5, 5.41) is 0. The van der Waals surface area contributed by atoms with Gasteiger partial charge in [-0.2, -0.15) is 0 Å². The van der Waals surface area contributed by atoms with Crippen molar-refractivity contribution in [2.75, 3.05) is 36.8 Å². The summed E-state index contributed by atoms with van der Waals surface area (Å²) in [6, 6.07) is 7.98. The number of nitrogens with zero attached hydrogens (tertiary/aromatic N) is 2. The van der Waals surface area contributed by atoms with Crippen molar-refractivity contribution in [2.45, 2.75) is 32.8 Å². The number of benzene rings is 1. The number of amides is 1. The number of likely N-dealkylation sites (tertiary alicyclic amines) is 1. The van der Waals surface area contributed by atoms with Crippen molar-refractivity contribution in [2.24, 2.45) is 5.41 Å². The van der Waals surface area contributed by atoms with Gasteiger partial charge in [0, 0.05) is 43.0 Å². The van der Waals surface area contributed by atoms with Crippen molar-refractivity contribution < 1.29 is 9.53 Å². The van der Waals surface area contributed by atoms with Gasteiger partial charge in [0.05, 0.1) is 0 Å². The Balaban J connectivity index is 1.56. The van der Waals surface area contributed by atoms with E-state index in [1.54, 1.807) is 0 Å². The average Bonchev–Trinajstić information content (AvgIpc) is 2.81. The summed E-state index contributed by atoms with van der Waals surface area (Å²) in [6.07, 6.45) is 0.868. The topological polar surface area (TPSA) is 58.8 Å². The van der Waals surface area contributed by atoms with Gasteiger partial charge in [-0.25, -0.2) is 4.79 Å². The number of carbonyl (C=O) groups is 1. The lowest BCUT2D eigenvalue weighted by Gasteiger charge is -2.49. The molecule has 120 valence electrons. The van der Waals surface area contributed by atoms with E-state index in [0.717, 1.165) is 38.3 Å². The molecule has 0 aliphatic carbocycles. The fourth-order valence-corrected chi connectivity index (χ4v) is 3.31. The average molecular weight is 303 g/mol. The minimum atomic E-state index is -0.428. The molecule has 1 spiro atoms. The van der Waals surface area contributed by atoms with E-state index >= 15 is 0 Å². The van der Waals surface area contributed by atoms with Crippen LogP contribution in [0.25, 0.3) is 0 Å². The Morgan fingerprint density at radius 3 is 2.41 bits per heavy atom. The molecule has 2 aliphatic heterocycles. The largest absolute Gasteiger partial charge is 0.444 e. The van der Waals surface area contributed by atoms with Gasteiger partial charge in [-0.15, -0.1) is 0 Å². The maximum atomic E-state index is 12.2. The zero-order valence-corrected chi connectivity index (χ0v) is 13.6. The summed E-state index contributed by atoms with van der Waals surface area (Å²) in [6.45, 7) is 9.30. The van der Waals surface area contributed by atoms with Gasteiger partial charge in [0.25, 0.3) is 0 Å². The molecule has 2 aliphatic rings. The number of carbonyl (C=O) groups excluding carboxylic acids is 1. The van der Waals surface area contributed by atoms with Crippen LogP contribution >= 0.6 is 0 Å². The van der Waals surface area contributed by atoms with Crippen molar-refractivity contribution in [3.8, 4) is 0 Å². The third kappa shape index (κ3) is 2.98. The zero-order chi connectivity index (χ0) is 16.0. The normalized spacial score (nSPS) is 20.1. The second kappa shape index (κ2) is 5.07. The molecule has 1 aromatic rings. The first-order chi connectivity index (χ1) is 10.3. The molecule has 0 unspecified atom stereocenters. The summed E-state index contributed by atoms with van der Waals surface area (Å²) >= 11 is 0. The molecule has 0 atom stereocenters. The highest BCUT2D eigenvalue weighted by Crippen LogP contribution is 2.42. The predicted octanol–water partition coefficient (Wildman–Crippen LogP) is 2.72. The Morgan fingerprint density at radius 1 is 1.18 bits per heavy atom. The summed E-state index contributed by atoms with van der Waals surface area (Å²) in [5.41, 5.74) is 7.53. The smallest absolute Gasteiger partial charge is 0.410 e. The molecule has 0 bridgehead atoms. The number of anilines is 2. The molecule has 5 heteroatoms. The minimum absolute atomic E-state index is 0.185. The Labute approximate surface area is 132 Å². The summed E-state index contributed by atoms with van der Waals surface area (Å²) in [5.74, 6) is 0. The first-order valence-corrected chi connectivity index (χ1v) is 7.85. The van der Waals surface area contributed by atoms with Gasteiger partial charge in [-0.05, 0) is 51.5 Å². The van der Waals surface area contributed by atoms with E-state index in [2.05, 4.69) is 17.0 Å². The molecule has 2 N–H and O–H groups in total. The lowest BCUT2D eigenvalue weighted by atomic mass is 9.79. The van der Waals surface area contributed by atoms with Crippen LogP contribution in [-0.2, 0) is 4.74 Å². The molecule has 0 radical (unpaired) electrons. The number of hydrogen-bond acceptors (Lipinski definition) is 4. The first kappa shape index (κ1) is 15.0. The zero-order valence-electron chi connectivity index (χ0n) is 13.6. The van der Waals surface area contributed by atoms with E-state index in [9.17, 15) is 4.79 Å². The van der Waals surface area contributed by atoms with Gasteiger partial charge in [0.1, 0.15) is 5.60 Å². The van der Waals surface area contributed by atoms with Gasteiger partial charge >= 0.3 is 6.09 Å². The maximum Gasteiger partial charge on any atom is 0.410 e. The van der Waals surface area contributed by atoms with E-state index in [-0.39, 0.29) is 11.5 Å². The number of nitrogens with two attached hydrogens (primary N) is 1. The summed E-state index contributed by atoms with van der Waals surface area (Å²) < 4.78 is 5.47. The maximum absolute atomic E-state index is 12.2. The predicted molar refractivity (Wildman–Crippen MR) is 87.9 cm³/mol. The fraction of sp³-hybridized carbons (Fsp3) is 0.588. The van der Waals surface area contributed by atoms with Crippen LogP contribution in [0.5, 0.6) is 0 Å². The molecule has 1 amide bonds. The lowest BCUT2D eigenvalue weighted by molar-refractivity contribution is 0.0265. The Kier molecular flexibility index (Phi) is 3.46. The standard InChI is InChI=1S/C17H25N3O2/c1-16(2,3)22-15(21)19-9-8-17(10-19)11-20(12-17)14-6-4-13(18)5-7-14/h4-7H,8-12,18H2,1-3H3. The third-order valence-corrected chi connectivity index (χ3v) is 4.40. The molecule has 2 fully saturated rings. The van der Waals surface area contributed by atoms with Gasteiger partial charge in [-0.1, -0.05) is 0 Å². The molecule has 3 rings (SSSR count). The van der Waals surface area contributed by atoms with E-state index in [1.807, 2.05) is 37.8 Å². The van der Waals surface area contributed by atoms with Crippen LogP contribution in [0, 0.1) is 5.41 Å². The van der Waals surface area contributed by atoms with Gasteiger partial charge in [0.15, 0.2) is 0 Å². The van der Waals surface area contributed by atoms with Crippen LogP contribution in [0.4, 0.5) is 16.2 Å². The lowest BCUT2D eigenvalue weighted by Crippen LogP contribution is -2.58. The molecule has 0 saturated carbocycles. The van der Waals surface area contributed by atoms with Crippen molar-refractivity contribution in [3.63, 3.8) is 0 Å². The summed E-state index contributed by atoms with van der Waals surface area (Å²) in [4.78, 5) is 16.4. The van der Waals surface area contributed by atoms with Crippen LogP contribution in [0.1, 0.15) is 27.2 Å². The molecule has 5 nitrogen and oxygen atoms in total. The first-order valence-electron chi connectivity index (χ1n) is 7.85. The third-order valence-electron chi connectivity index (χ3n) is 4.40. The minimum Gasteiger partial charge on any atom is -0.444 e. The molecular weight excluding hydrogens is 278 g/mol. The highest BCUT2D eigenvalue weighted by atomic mass is 16.6. The van der Waals surface area contributed by atoms with Crippen molar-refractivity contribution >= 4 is 17.5 Å². The van der Waals surface area contributed by atoms with Crippen molar-refractivity contribution in [1.82, 2.24) is 4.90 Å². The van der Waals surface area contributed by atoms with E-state index < -0.39 is 5.60 Å².